The molecule has 2 aromatic rings. The molecule has 12 heteroatoms. The van der Waals surface area contributed by atoms with Crippen molar-refractivity contribution in [3.05, 3.63) is 65.2 Å². The van der Waals surface area contributed by atoms with Gasteiger partial charge in [-0.25, -0.2) is 0 Å². The van der Waals surface area contributed by atoms with Crippen LogP contribution in [0.5, 0.6) is 5.75 Å². The van der Waals surface area contributed by atoms with Crippen molar-refractivity contribution < 1.29 is 33.4 Å². The molecule has 0 radical (unpaired) electrons. The molecule has 0 saturated carbocycles. The molecular weight excluding hydrogens is 578 g/mol. The number of methoxy groups -OCH3 is 1. The van der Waals surface area contributed by atoms with E-state index in [9.17, 15) is 19.2 Å². The number of aryl methyl sites for hydroxylation is 1. The van der Waals surface area contributed by atoms with E-state index in [4.69, 9.17) is 19.9 Å². The van der Waals surface area contributed by atoms with Crippen molar-refractivity contribution in [1.29, 1.82) is 0 Å². The van der Waals surface area contributed by atoms with Crippen LogP contribution in [-0.2, 0) is 48.0 Å². The number of carbonyl (C=O) groups is 4. The number of rotatable bonds is 16. The van der Waals surface area contributed by atoms with Gasteiger partial charge in [0.15, 0.2) is 5.78 Å². The lowest BCUT2D eigenvalue weighted by Crippen LogP contribution is -2.57. The van der Waals surface area contributed by atoms with Crippen LogP contribution in [0.15, 0.2) is 48.5 Å². The predicted octanol–water partition coefficient (Wildman–Crippen LogP) is 0.494. The summed E-state index contributed by atoms with van der Waals surface area (Å²) in [6.45, 7) is 6.55. The summed E-state index contributed by atoms with van der Waals surface area (Å²) >= 11 is 0. The minimum absolute atomic E-state index is 0.149. The van der Waals surface area contributed by atoms with Gasteiger partial charge in [0.2, 0.25) is 17.7 Å². The van der Waals surface area contributed by atoms with E-state index >= 15 is 0 Å². The fourth-order valence-corrected chi connectivity index (χ4v) is 5.13. The number of epoxide rings is 1. The third-order valence-electron chi connectivity index (χ3n) is 8.19. The molecule has 45 heavy (non-hydrogen) atoms. The summed E-state index contributed by atoms with van der Waals surface area (Å²) in [6, 6.07) is 12.2. The molecule has 2 heterocycles. The SMILES string of the molecule is COc1ccc(C[C@H](NC(=O)[C@H](C)NC(=O)CN2CCOCC2)C(=O)N[C@@H](CCc2ccc(CN)cc2)C(=O)[C@@]2(C)CO2)cc1. The van der Waals surface area contributed by atoms with Gasteiger partial charge in [0.25, 0.3) is 0 Å². The highest BCUT2D eigenvalue weighted by atomic mass is 16.6. The molecule has 12 nitrogen and oxygen atoms in total. The molecule has 5 N–H and O–H groups in total. The zero-order chi connectivity index (χ0) is 32.4. The van der Waals surface area contributed by atoms with Gasteiger partial charge in [0.1, 0.15) is 23.4 Å². The molecule has 0 aliphatic carbocycles. The monoisotopic (exact) mass is 623 g/mol. The van der Waals surface area contributed by atoms with E-state index < -0.39 is 35.5 Å². The highest BCUT2D eigenvalue weighted by molar-refractivity contribution is 5.98. The Morgan fingerprint density at radius 2 is 1.51 bits per heavy atom. The van der Waals surface area contributed by atoms with E-state index in [0.717, 1.165) is 16.7 Å². The highest BCUT2D eigenvalue weighted by Crippen LogP contribution is 2.29. The lowest BCUT2D eigenvalue weighted by Gasteiger charge is -2.27. The van der Waals surface area contributed by atoms with Gasteiger partial charge in [0, 0.05) is 26.1 Å². The molecule has 2 saturated heterocycles. The Kier molecular flexibility index (Phi) is 12.1. The van der Waals surface area contributed by atoms with Crippen molar-refractivity contribution in [3.63, 3.8) is 0 Å². The Balaban J connectivity index is 1.45. The van der Waals surface area contributed by atoms with Crippen LogP contribution in [0.1, 0.15) is 37.0 Å². The smallest absolute Gasteiger partial charge is 0.243 e. The van der Waals surface area contributed by atoms with Crippen molar-refractivity contribution >= 4 is 23.5 Å². The average Bonchev–Trinajstić information content (AvgIpc) is 3.81. The summed E-state index contributed by atoms with van der Waals surface area (Å²) < 4.78 is 16.0. The van der Waals surface area contributed by atoms with Crippen LogP contribution in [0, 0.1) is 0 Å². The van der Waals surface area contributed by atoms with Crippen LogP contribution >= 0.6 is 0 Å². The van der Waals surface area contributed by atoms with Crippen molar-refractivity contribution in [2.45, 2.75) is 63.4 Å². The second kappa shape index (κ2) is 15.9. The van der Waals surface area contributed by atoms with E-state index in [1.165, 1.54) is 0 Å². The largest absolute Gasteiger partial charge is 0.497 e. The van der Waals surface area contributed by atoms with Gasteiger partial charge in [-0.2, -0.15) is 0 Å². The Labute approximate surface area is 264 Å². The van der Waals surface area contributed by atoms with Gasteiger partial charge in [-0.3, -0.25) is 24.1 Å². The molecule has 0 unspecified atom stereocenters. The normalized spacial score (nSPS) is 19.9. The average molecular weight is 624 g/mol. The molecular formula is C33H45N5O7. The first-order chi connectivity index (χ1) is 21.6. The Morgan fingerprint density at radius 3 is 2.11 bits per heavy atom. The number of hydrogen-bond acceptors (Lipinski definition) is 9. The molecule has 0 spiro atoms. The molecule has 2 aliphatic heterocycles. The van der Waals surface area contributed by atoms with Gasteiger partial charge in [0.05, 0.1) is 39.5 Å². The standard InChI is InChI=1S/C33H45N5O7/c1-22(35-29(39)20-38-14-16-44-17-15-38)31(41)37-28(18-24-8-11-26(43-3)12-9-24)32(42)36-27(30(40)33(2)21-45-33)13-10-23-4-6-25(19-34)7-5-23/h4-9,11-12,22,27-28H,10,13-21,34H2,1-3H3,(H,35,39)(H,36,42)(H,37,41)/t22-,27-,28-,33+/m0/s1. The molecule has 4 atom stereocenters. The number of nitrogens with one attached hydrogen (secondary N) is 3. The summed E-state index contributed by atoms with van der Waals surface area (Å²) in [5.41, 5.74) is 7.55. The van der Waals surface area contributed by atoms with Crippen LogP contribution in [0.4, 0.5) is 0 Å². The quantitative estimate of drug-likeness (QED) is 0.195. The number of hydrogen-bond donors (Lipinski definition) is 4. The molecule has 4 rings (SSSR count). The number of nitrogens with zero attached hydrogens (tertiary/aromatic N) is 1. The third kappa shape index (κ3) is 10.1. The maximum atomic E-state index is 13.8. The first-order valence-corrected chi connectivity index (χ1v) is 15.4. The van der Waals surface area contributed by atoms with Crippen LogP contribution in [0.2, 0.25) is 0 Å². The first-order valence-electron chi connectivity index (χ1n) is 15.4. The second-order valence-electron chi connectivity index (χ2n) is 11.8. The molecule has 0 bridgehead atoms. The lowest BCUT2D eigenvalue weighted by molar-refractivity contribution is -0.134. The Bertz CT molecular complexity index is 1310. The van der Waals surface area contributed by atoms with Crippen molar-refractivity contribution in [2.24, 2.45) is 5.73 Å². The molecule has 2 aliphatic rings. The van der Waals surface area contributed by atoms with Gasteiger partial charge in [-0.15, -0.1) is 0 Å². The number of carbonyl (C=O) groups excluding carboxylic acids is 4. The maximum absolute atomic E-state index is 13.8. The summed E-state index contributed by atoms with van der Waals surface area (Å²) in [6.07, 6.45) is 1.05. The number of amides is 3. The number of benzene rings is 2. The summed E-state index contributed by atoms with van der Waals surface area (Å²) in [5, 5.41) is 8.43. The van der Waals surface area contributed by atoms with E-state index in [0.29, 0.717) is 51.4 Å². The zero-order valence-corrected chi connectivity index (χ0v) is 26.3. The molecule has 2 aromatic carbocycles. The number of ether oxygens (including phenoxy) is 3. The molecule has 3 amide bonds. The molecule has 0 aromatic heterocycles. The number of Topliss-reactive ketones (excluding diaryl/α,β-unsaturated/α-hetero) is 1. The van der Waals surface area contributed by atoms with Crippen LogP contribution < -0.4 is 26.4 Å². The minimum atomic E-state index is -1.02. The lowest BCUT2D eigenvalue weighted by atomic mass is 9.94. The van der Waals surface area contributed by atoms with Gasteiger partial charge >= 0.3 is 0 Å². The number of nitrogens with two attached hydrogens (primary N) is 1. The van der Waals surface area contributed by atoms with Crippen LogP contribution in [0.25, 0.3) is 0 Å². The predicted molar refractivity (Wildman–Crippen MR) is 167 cm³/mol. The summed E-state index contributed by atoms with van der Waals surface area (Å²) in [5.74, 6) is -0.874. The van der Waals surface area contributed by atoms with Crippen LogP contribution in [0.3, 0.4) is 0 Å². The van der Waals surface area contributed by atoms with Gasteiger partial charge in [-0.05, 0) is 55.5 Å². The van der Waals surface area contributed by atoms with E-state index in [-0.39, 0.29) is 31.3 Å². The summed E-state index contributed by atoms with van der Waals surface area (Å²) in [7, 11) is 1.56. The molecule has 2 fully saturated rings. The summed E-state index contributed by atoms with van der Waals surface area (Å²) in [4.78, 5) is 55.1. The fourth-order valence-electron chi connectivity index (χ4n) is 5.13. The molecule has 244 valence electrons. The van der Waals surface area contributed by atoms with E-state index in [1.807, 2.05) is 41.3 Å². The van der Waals surface area contributed by atoms with Crippen molar-refractivity contribution in [3.8, 4) is 5.75 Å². The van der Waals surface area contributed by atoms with E-state index in [2.05, 4.69) is 16.0 Å². The van der Waals surface area contributed by atoms with Gasteiger partial charge in [-0.1, -0.05) is 36.4 Å². The number of ketones is 1. The van der Waals surface area contributed by atoms with Crippen molar-refractivity contribution in [1.82, 2.24) is 20.9 Å². The fraction of sp³-hybridized carbons (Fsp3) is 0.515. The minimum Gasteiger partial charge on any atom is -0.497 e. The second-order valence-corrected chi connectivity index (χ2v) is 11.8. The van der Waals surface area contributed by atoms with Gasteiger partial charge < -0.3 is 35.9 Å². The maximum Gasteiger partial charge on any atom is 0.243 e. The van der Waals surface area contributed by atoms with Crippen molar-refractivity contribution in [2.75, 3.05) is 46.6 Å². The number of morpholine rings is 1. The third-order valence-corrected chi connectivity index (χ3v) is 8.19. The van der Waals surface area contributed by atoms with E-state index in [1.54, 1.807) is 33.1 Å². The Hall–Kier alpha value is -3.84. The Morgan fingerprint density at radius 1 is 0.911 bits per heavy atom. The first kappa shape index (κ1) is 34.0. The zero-order valence-electron chi connectivity index (χ0n) is 26.3. The topological polar surface area (TPSA) is 165 Å². The van der Waals surface area contributed by atoms with Crippen LogP contribution in [-0.4, -0.2) is 98.7 Å². The highest BCUT2D eigenvalue weighted by Gasteiger charge is 2.50.